The van der Waals surface area contributed by atoms with Gasteiger partial charge in [0.15, 0.2) is 5.16 Å². The third kappa shape index (κ3) is 4.57. The summed E-state index contributed by atoms with van der Waals surface area (Å²) in [5, 5.41) is 6.34. The molecule has 1 N–H and O–H groups in total. The molecule has 0 bridgehead atoms. The molecule has 1 atom stereocenters. The zero-order chi connectivity index (χ0) is 22.7. The number of amides is 1. The van der Waals surface area contributed by atoms with Crippen LogP contribution in [0.2, 0.25) is 0 Å². The largest absolute Gasteiger partial charge is 0.344 e. The zero-order valence-electron chi connectivity index (χ0n) is 17.8. The first-order valence-corrected chi connectivity index (χ1v) is 12.8. The van der Waals surface area contributed by atoms with E-state index in [2.05, 4.69) is 11.9 Å². The number of hydrogen-bond donors (Lipinski definition) is 1. The van der Waals surface area contributed by atoms with Crippen LogP contribution in [0.15, 0.2) is 70.5 Å². The van der Waals surface area contributed by atoms with Gasteiger partial charge in [0.2, 0.25) is 5.91 Å². The van der Waals surface area contributed by atoms with Crippen molar-refractivity contribution >= 4 is 50.6 Å². The number of thioether (sulfide) groups is 1. The second-order valence-corrected chi connectivity index (χ2v) is 10.4. The number of rotatable bonds is 8. The van der Waals surface area contributed by atoms with E-state index in [1.165, 1.54) is 23.1 Å². The molecule has 0 saturated heterocycles. The van der Waals surface area contributed by atoms with Crippen molar-refractivity contribution in [1.29, 1.82) is 0 Å². The van der Waals surface area contributed by atoms with Gasteiger partial charge in [-0.1, -0.05) is 54.2 Å². The predicted octanol–water partition coefficient (Wildman–Crippen LogP) is 5.32. The number of nitrogens with one attached hydrogen (secondary N) is 1. The fourth-order valence-corrected chi connectivity index (χ4v) is 6.15. The summed E-state index contributed by atoms with van der Waals surface area (Å²) < 4.78 is 1.60. The molecule has 3 aromatic heterocycles. The van der Waals surface area contributed by atoms with E-state index in [4.69, 9.17) is 4.98 Å². The van der Waals surface area contributed by atoms with Crippen LogP contribution >= 0.6 is 34.4 Å². The van der Waals surface area contributed by atoms with Gasteiger partial charge in [0, 0.05) is 16.3 Å². The summed E-state index contributed by atoms with van der Waals surface area (Å²) in [6.45, 7) is 8.06. The molecule has 0 saturated carbocycles. The van der Waals surface area contributed by atoms with E-state index in [0.717, 1.165) is 20.9 Å². The molecule has 5 nitrogen and oxygen atoms in total. The normalized spacial score (nSPS) is 12.1. The molecule has 0 unspecified atom stereocenters. The van der Waals surface area contributed by atoms with Crippen LogP contribution in [-0.2, 0) is 11.3 Å². The number of carbonyl (C=O) groups is 1. The number of nitrogens with zero attached hydrogens (tertiary/aromatic N) is 2. The van der Waals surface area contributed by atoms with Crippen molar-refractivity contribution < 1.29 is 4.79 Å². The first kappa shape index (κ1) is 22.5. The Morgan fingerprint density at radius 2 is 2.03 bits per heavy atom. The minimum Gasteiger partial charge on any atom is -0.344 e. The Morgan fingerprint density at radius 1 is 1.25 bits per heavy atom. The van der Waals surface area contributed by atoms with E-state index < -0.39 is 0 Å². The molecular formula is C24H23N3O2S3. The molecule has 0 aliphatic carbocycles. The number of thiophene rings is 2. The topological polar surface area (TPSA) is 64.0 Å². The highest BCUT2D eigenvalue weighted by Gasteiger charge is 2.20. The fraction of sp³-hybridized carbons (Fsp3) is 0.208. The maximum Gasteiger partial charge on any atom is 0.263 e. The third-order valence-electron chi connectivity index (χ3n) is 5.16. The Balaban J connectivity index is 1.57. The highest BCUT2D eigenvalue weighted by Crippen LogP contribution is 2.29. The second-order valence-electron chi connectivity index (χ2n) is 7.28. The summed E-state index contributed by atoms with van der Waals surface area (Å²) in [7, 11) is 0. The summed E-state index contributed by atoms with van der Waals surface area (Å²) in [6.07, 6.45) is 1.68. The van der Waals surface area contributed by atoms with E-state index in [1.807, 2.05) is 61.7 Å². The third-order valence-corrected chi connectivity index (χ3v) is 8.18. The lowest BCUT2D eigenvalue weighted by molar-refractivity contribution is -0.119. The molecule has 4 aromatic rings. The average Bonchev–Trinajstić information content (AvgIpc) is 3.42. The quantitative estimate of drug-likeness (QED) is 0.210. The van der Waals surface area contributed by atoms with E-state index in [9.17, 15) is 9.59 Å². The monoisotopic (exact) mass is 481 g/mol. The average molecular weight is 482 g/mol. The lowest BCUT2D eigenvalue weighted by Crippen LogP contribution is -2.30. The van der Waals surface area contributed by atoms with Crippen LogP contribution in [0.4, 0.5) is 0 Å². The summed E-state index contributed by atoms with van der Waals surface area (Å²) >= 11 is 4.40. The minimum absolute atomic E-state index is 0.0830. The van der Waals surface area contributed by atoms with Crippen molar-refractivity contribution in [3.05, 3.63) is 91.7 Å². The molecule has 32 heavy (non-hydrogen) atoms. The Kier molecular flexibility index (Phi) is 6.93. The van der Waals surface area contributed by atoms with Gasteiger partial charge in [0.25, 0.3) is 5.56 Å². The molecule has 3 heterocycles. The van der Waals surface area contributed by atoms with Crippen molar-refractivity contribution in [2.75, 3.05) is 5.75 Å². The van der Waals surface area contributed by atoms with E-state index in [0.29, 0.717) is 21.9 Å². The van der Waals surface area contributed by atoms with Crippen LogP contribution in [0.1, 0.15) is 26.9 Å². The Bertz CT molecular complexity index is 1310. The van der Waals surface area contributed by atoms with Crippen molar-refractivity contribution in [1.82, 2.24) is 14.9 Å². The molecular weight excluding hydrogens is 458 g/mol. The predicted molar refractivity (Wildman–Crippen MR) is 135 cm³/mol. The van der Waals surface area contributed by atoms with Crippen LogP contribution in [0, 0.1) is 13.8 Å². The van der Waals surface area contributed by atoms with E-state index in [-0.39, 0.29) is 23.3 Å². The number of aryl methyl sites for hydroxylation is 2. The van der Waals surface area contributed by atoms with Crippen molar-refractivity contribution in [2.45, 2.75) is 31.6 Å². The smallest absolute Gasteiger partial charge is 0.263 e. The molecule has 1 amide bonds. The fourth-order valence-electron chi connectivity index (χ4n) is 3.46. The highest BCUT2D eigenvalue weighted by atomic mass is 32.2. The summed E-state index contributed by atoms with van der Waals surface area (Å²) in [5.41, 5.74) is 1.91. The van der Waals surface area contributed by atoms with Gasteiger partial charge in [-0.3, -0.25) is 14.2 Å². The van der Waals surface area contributed by atoms with Crippen LogP contribution in [-0.4, -0.2) is 21.2 Å². The summed E-state index contributed by atoms with van der Waals surface area (Å²) in [6, 6.07) is 13.7. The van der Waals surface area contributed by atoms with Crippen molar-refractivity contribution in [3.63, 3.8) is 0 Å². The maximum absolute atomic E-state index is 13.1. The van der Waals surface area contributed by atoms with Crippen LogP contribution in [0.3, 0.4) is 0 Å². The van der Waals surface area contributed by atoms with Gasteiger partial charge in [-0.15, -0.1) is 29.3 Å². The highest BCUT2D eigenvalue weighted by molar-refractivity contribution is 7.99. The van der Waals surface area contributed by atoms with Crippen LogP contribution < -0.4 is 10.9 Å². The van der Waals surface area contributed by atoms with Gasteiger partial charge in [0.05, 0.1) is 17.2 Å². The van der Waals surface area contributed by atoms with Gasteiger partial charge >= 0.3 is 0 Å². The molecule has 4 rings (SSSR count). The van der Waals surface area contributed by atoms with Gasteiger partial charge in [0.1, 0.15) is 4.83 Å². The molecule has 0 fully saturated rings. The number of allylic oxidation sites excluding steroid dienone is 1. The number of benzene rings is 1. The van der Waals surface area contributed by atoms with Crippen LogP contribution in [0.25, 0.3) is 10.2 Å². The number of fused-ring (bicyclic) bond motifs is 1. The Morgan fingerprint density at radius 3 is 2.72 bits per heavy atom. The minimum atomic E-state index is -0.210. The summed E-state index contributed by atoms with van der Waals surface area (Å²) in [5.74, 6) is 0.0444. The molecule has 1 aromatic carbocycles. The standard InChI is InChI=1S/C24H23N3O2S3/c1-4-12-27-23(29)20-15(2)16(3)32-22(20)26-24(27)31-14-19(28)25-21(18-11-8-13-30-18)17-9-6-5-7-10-17/h4-11,13,21H,1,12,14H2,2-3H3,(H,25,28)/t21-/m0/s1. The van der Waals surface area contributed by atoms with Crippen LogP contribution in [0.5, 0.6) is 0 Å². The number of aromatic nitrogens is 2. The summed E-state index contributed by atoms with van der Waals surface area (Å²) in [4.78, 5) is 33.6. The number of carbonyl (C=O) groups excluding carboxylic acids is 1. The van der Waals surface area contributed by atoms with Gasteiger partial charge in [-0.2, -0.15) is 0 Å². The maximum atomic E-state index is 13.1. The second kappa shape index (κ2) is 9.85. The molecule has 0 aliphatic rings. The molecule has 8 heteroatoms. The zero-order valence-corrected chi connectivity index (χ0v) is 20.3. The van der Waals surface area contributed by atoms with Gasteiger partial charge in [-0.05, 0) is 36.4 Å². The first-order valence-electron chi connectivity index (χ1n) is 10.1. The molecule has 0 spiro atoms. The SMILES string of the molecule is C=CCn1c(SCC(=O)N[C@@H](c2ccccc2)c2cccs2)nc2sc(C)c(C)c2c1=O. The van der Waals surface area contributed by atoms with Crippen molar-refractivity contribution in [2.24, 2.45) is 0 Å². The van der Waals surface area contributed by atoms with E-state index in [1.54, 1.807) is 22.0 Å². The molecule has 0 aliphatic heterocycles. The molecule has 164 valence electrons. The van der Waals surface area contributed by atoms with Gasteiger partial charge in [-0.25, -0.2) is 4.98 Å². The van der Waals surface area contributed by atoms with E-state index >= 15 is 0 Å². The Labute approximate surface area is 198 Å². The Hall–Kier alpha value is -2.68. The lowest BCUT2D eigenvalue weighted by atomic mass is 10.1. The first-order chi connectivity index (χ1) is 15.5. The molecule has 0 radical (unpaired) electrons. The van der Waals surface area contributed by atoms with Gasteiger partial charge < -0.3 is 5.32 Å². The number of hydrogen-bond acceptors (Lipinski definition) is 6. The lowest BCUT2D eigenvalue weighted by Gasteiger charge is -2.18. The van der Waals surface area contributed by atoms with Crippen molar-refractivity contribution in [3.8, 4) is 0 Å².